The Morgan fingerprint density at radius 1 is 0.950 bits per heavy atom. The Bertz CT molecular complexity index is 410. The first kappa shape index (κ1) is 19.8. The smallest absolute Gasteiger partial charge is 0.388 e. The van der Waals surface area contributed by atoms with E-state index in [-0.39, 0.29) is 0 Å². The van der Waals surface area contributed by atoms with Crippen molar-refractivity contribution in [1.29, 1.82) is 0 Å². The number of aliphatic hydroxyl groups is 3. The third kappa shape index (κ3) is 8.84. The van der Waals surface area contributed by atoms with E-state index in [0.29, 0.717) is 0 Å². The average Bonchev–Trinajstić information content (AvgIpc) is 2.29. The first-order valence-electron chi connectivity index (χ1n) is 4.80. The molecule has 0 aliphatic rings. The van der Waals surface area contributed by atoms with Crippen LogP contribution in [-0.2, 0) is 23.0 Å². The minimum absolute atomic E-state index is 1.09. The second-order valence-electron chi connectivity index (χ2n) is 3.52. The van der Waals surface area contributed by atoms with Crippen molar-refractivity contribution < 1.29 is 57.9 Å². The molecular formula is C6H14O12P2. The Balaban J connectivity index is 4.38. The number of phosphoric ester groups is 2. The van der Waals surface area contributed by atoms with Gasteiger partial charge in [0, 0.05) is 0 Å². The van der Waals surface area contributed by atoms with E-state index in [1.807, 2.05) is 0 Å². The number of Topliss-reactive ketones (excluding diaryl/α,β-unsaturated/α-hetero) is 1. The molecule has 0 amide bonds. The fraction of sp³-hybridized carbons (Fsp3) is 0.833. The van der Waals surface area contributed by atoms with Crippen LogP contribution in [0.4, 0.5) is 0 Å². The minimum Gasteiger partial charge on any atom is -0.388 e. The number of phosphoric acid groups is 2. The Labute approximate surface area is 112 Å². The molecule has 0 bridgehead atoms. The van der Waals surface area contributed by atoms with E-state index in [2.05, 4.69) is 9.05 Å². The highest BCUT2D eigenvalue weighted by atomic mass is 31.2. The summed E-state index contributed by atoms with van der Waals surface area (Å²) in [5, 5.41) is 27.7. The number of rotatable bonds is 9. The van der Waals surface area contributed by atoms with E-state index < -0.39 is 53.0 Å². The van der Waals surface area contributed by atoms with Crippen LogP contribution in [-0.4, -0.2) is 72.2 Å². The van der Waals surface area contributed by atoms with Crippen LogP contribution in [0.25, 0.3) is 0 Å². The van der Waals surface area contributed by atoms with Crippen molar-refractivity contribution >= 4 is 21.4 Å². The number of carbonyl (C=O) groups is 1. The second-order valence-corrected chi connectivity index (χ2v) is 6.00. The average molecular weight is 340 g/mol. The molecule has 0 aromatic heterocycles. The fourth-order valence-electron chi connectivity index (χ4n) is 0.906. The molecule has 120 valence electrons. The molecule has 14 heteroatoms. The summed E-state index contributed by atoms with van der Waals surface area (Å²) in [6, 6.07) is 0. The van der Waals surface area contributed by atoms with Crippen LogP contribution in [0.1, 0.15) is 0 Å². The zero-order chi connectivity index (χ0) is 16.1. The van der Waals surface area contributed by atoms with Gasteiger partial charge in [0.2, 0.25) is 0 Å². The summed E-state index contributed by atoms with van der Waals surface area (Å²) in [7, 11) is -9.87. The minimum atomic E-state index is -4.95. The van der Waals surface area contributed by atoms with Gasteiger partial charge in [-0.05, 0) is 0 Å². The maximum atomic E-state index is 11.2. The molecule has 0 rings (SSSR count). The summed E-state index contributed by atoms with van der Waals surface area (Å²) in [5.74, 6) is -1.36. The molecule has 7 N–H and O–H groups in total. The van der Waals surface area contributed by atoms with Crippen LogP contribution in [0.5, 0.6) is 0 Å². The van der Waals surface area contributed by atoms with Crippen molar-refractivity contribution in [2.75, 3.05) is 13.2 Å². The van der Waals surface area contributed by atoms with Gasteiger partial charge in [-0.25, -0.2) is 9.13 Å². The monoisotopic (exact) mass is 340 g/mol. The van der Waals surface area contributed by atoms with Crippen LogP contribution >= 0.6 is 15.6 Å². The molecule has 0 aromatic carbocycles. The summed E-state index contributed by atoms with van der Waals surface area (Å²) >= 11 is 0. The van der Waals surface area contributed by atoms with E-state index in [1.165, 1.54) is 0 Å². The number of hydrogen-bond acceptors (Lipinski definition) is 8. The molecule has 0 aliphatic heterocycles. The van der Waals surface area contributed by atoms with Gasteiger partial charge in [0.05, 0.1) is 6.61 Å². The summed E-state index contributed by atoms with van der Waals surface area (Å²) in [6.07, 6.45) is -6.53. The molecule has 0 fully saturated rings. The Morgan fingerprint density at radius 2 is 1.40 bits per heavy atom. The van der Waals surface area contributed by atoms with E-state index in [9.17, 15) is 29.2 Å². The van der Waals surface area contributed by atoms with Gasteiger partial charge >= 0.3 is 15.6 Å². The lowest BCUT2D eigenvalue weighted by atomic mass is 10.1. The molecular weight excluding hydrogens is 326 g/mol. The van der Waals surface area contributed by atoms with Crippen LogP contribution in [0, 0.1) is 0 Å². The normalized spacial score (nSPS) is 17.6. The Kier molecular flexibility index (Phi) is 7.60. The van der Waals surface area contributed by atoms with Crippen molar-refractivity contribution in [3.63, 3.8) is 0 Å². The molecule has 3 unspecified atom stereocenters. The summed E-state index contributed by atoms with van der Waals surface area (Å²) in [6.45, 7) is -2.33. The maximum absolute atomic E-state index is 11.2. The zero-order valence-corrected chi connectivity index (χ0v) is 11.5. The highest BCUT2D eigenvalue weighted by molar-refractivity contribution is 7.46. The van der Waals surface area contributed by atoms with Crippen molar-refractivity contribution in [3.8, 4) is 0 Å². The van der Waals surface area contributed by atoms with Gasteiger partial charge in [-0.15, -0.1) is 0 Å². The molecule has 0 spiro atoms. The van der Waals surface area contributed by atoms with E-state index >= 15 is 0 Å². The number of aliphatic hydroxyl groups excluding tert-OH is 3. The molecule has 0 heterocycles. The lowest BCUT2D eigenvalue weighted by Crippen LogP contribution is -2.45. The van der Waals surface area contributed by atoms with E-state index in [4.69, 9.17) is 19.6 Å². The predicted molar refractivity (Wildman–Crippen MR) is 59.0 cm³/mol. The van der Waals surface area contributed by atoms with Crippen molar-refractivity contribution in [2.45, 2.75) is 18.3 Å². The lowest BCUT2D eigenvalue weighted by Gasteiger charge is -2.22. The van der Waals surface area contributed by atoms with Crippen LogP contribution < -0.4 is 0 Å². The molecule has 0 aromatic rings. The summed E-state index contributed by atoms with van der Waals surface area (Å²) in [5.41, 5.74) is 0. The van der Waals surface area contributed by atoms with Crippen molar-refractivity contribution in [1.82, 2.24) is 0 Å². The number of ketones is 1. The molecule has 12 nitrogen and oxygen atoms in total. The Morgan fingerprint density at radius 3 is 1.80 bits per heavy atom. The molecule has 0 radical (unpaired) electrons. The standard InChI is InChI=1S/C6H14O12P2/c7-3(1-17-19(11,12)13)5(9)6(10)4(8)2-18-20(14,15)16/h3,5-7,9-10H,1-2H2,(H2,11,12,13)(H2,14,15,16). The fourth-order valence-corrected chi connectivity index (χ4v) is 1.55. The topological polar surface area (TPSA) is 211 Å². The van der Waals surface area contributed by atoms with Crippen LogP contribution in [0.15, 0.2) is 0 Å². The zero-order valence-electron chi connectivity index (χ0n) is 9.71. The highest BCUT2D eigenvalue weighted by Gasteiger charge is 2.32. The van der Waals surface area contributed by atoms with Crippen molar-refractivity contribution in [2.24, 2.45) is 0 Å². The third-order valence-corrected chi connectivity index (χ3v) is 2.79. The first-order chi connectivity index (χ1) is 8.83. The van der Waals surface area contributed by atoms with Crippen LogP contribution in [0.3, 0.4) is 0 Å². The largest absolute Gasteiger partial charge is 0.470 e. The molecule has 20 heavy (non-hydrogen) atoms. The van der Waals surface area contributed by atoms with Crippen LogP contribution in [0.2, 0.25) is 0 Å². The van der Waals surface area contributed by atoms with Gasteiger partial charge in [-0.1, -0.05) is 0 Å². The van der Waals surface area contributed by atoms with Gasteiger partial charge in [0.1, 0.15) is 24.9 Å². The highest BCUT2D eigenvalue weighted by Crippen LogP contribution is 2.36. The van der Waals surface area contributed by atoms with Gasteiger partial charge in [0.25, 0.3) is 0 Å². The Hall–Kier alpha value is -0.230. The quantitative estimate of drug-likeness (QED) is 0.207. The van der Waals surface area contributed by atoms with E-state index in [0.717, 1.165) is 0 Å². The van der Waals surface area contributed by atoms with Gasteiger partial charge in [0.15, 0.2) is 5.78 Å². The SMILES string of the molecule is O=C(COP(=O)(O)O)C(O)C(O)C(O)COP(=O)(O)O. The number of hydrogen-bond donors (Lipinski definition) is 7. The predicted octanol–water partition coefficient (Wildman–Crippen LogP) is -3.14. The van der Waals surface area contributed by atoms with Gasteiger partial charge < -0.3 is 34.9 Å². The third-order valence-electron chi connectivity index (χ3n) is 1.84. The lowest BCUT2D eigenvalue weighted by molar-refractivity contribution is -0.142. The summed E-state index contributed by atoms with van der Waals surface area (Å²) in [4.78, 5) is 44.4. The molecule has 0 aliphatic carbocycles. The summed E-state index contributed by atoms with van der Waals surface area (Å²) < 4.78 is 28.2. The maximum Gasteiger partial charge on any atom is 0.470 e. The molecule has 0 saturated heterocycles. The molecule has 3 atom stereocenters. The number of carbonyl (C=O) groups excluding carboxylic acids is 1. The van der Waals surface area contributed by atoms with Gasteiger partial charge in [-0.2, -0.15) is 0 Å². The second kappa shape index (κ2) is 7.69. The molecule has 0 saturated carbocycles. The van der Waals surface area contributed by atoms with Crippen molar-refractivity contribution in [3.05, 3.63) is 0 Å². The van der Waals surface area contributed by atoms with Gasteiger partial charge in [-0.3, -0.25) is 13.8 Å². The van der Waals surface area contributed by atoms with E-state index in [1.54, 1.807) is 0 Å². The first-order valence-corrected chi connectivity index (χ1v) is 7.86.